The van der Waals surface area contributed by atoms with Crippen molar-refractivity contribution in [3.8, 4) is 11.5 Å². The van der Waals surface area contributed by atoms with Gasteiger partial charge in [-0.3, -0.25) is 14.6 Å². The second-order valence-corrected chi connectivity index (χ2v) is 6.28. The smallest absolute Gasteiger partial charge is 0.249 e. The van der Waals surface area contributed by atoms with Gasteiger partial charge in [0.05, 0.1) is 17.7 Å². The van der Waals surface area contributed by atoms with Crippen molar-refractivity contribution < 1.29 is 4.42 Å². The minimum Gasteiger partial charge on any atom is -0.420 e. The van der Waals surface area contributed by atoms with Gasteiger partial charge < -0.3 is 4.42 Å². The lowest BCUT2D eigenvalue weighted by Gasteiger charge is -2.30. The molecule has 0 radical (unpaired) electrons. The topological polar surface area (TPSA) is 72.9 Å². The van der Waals surface area contributed by atoms with Crippen molar-refractivity contribution in [2.75, 3.05) is 13.1 Å². The summed E-state index contributed by atoms with van der Waals surface area (Å²) in [6.07, 6.45) is 9.69. The monoisotopic (exact) mass is 324 g/mol. The zero-order valence-corrected chi connectivity index (χ0v) is 13.7. The van der Waals surface area contributed by atoms with Crippen LogP contribution < -0.4 is 0 Å². The van der Waals surface area contributed by atoms with Crippen LogP contribution in [0.1, 0.15) is 30.2 Å². The first-order valence-electron chi connectivity index (χ1n) is 8.21. The van der Waals surface area contributed by atoms with Gasteiger partial charge in [-0.15, -0.1) is 10.2 Å². The Kier molecular flexibility index (Phi) is 4.08. The standard InChI is InChI=1S/C17H20N6O/c1-22-10-13(8-19-22)11-23-7-3-5-15(12-23)17-21-20-16(24-17)14-4-2-6-18-9-14/h2,4,6,8-10,15H,3,5,7,11-12H2,1H3/t15-/m1/s1. The molecule has 0 bridgehead atoms. The molecule has 0 unspecified atom stereocenters. The largest absolute Gasteiger partial charge is 0.420 e. The van der Waals surface area contributed by atoms with Crippen molar-refractivity contribution in [1.29, 1.82) is 0 Å². The number of pyridine rings is 1. The number of piperidine rings is 1. The van der Waals surface area contributed by atoms with E-state index in [0.717, 1.165) is 43.9 Å². The molecule has 0 saturated carbocycles. The molecule has 1 saturated heterocycles. The molecular weight excluding hydrogens is 304 g/mol. The predicted molar refractivity (Wildman–Crippen MR) is 88.0 cm³/mol. The highest BCUT2D eigenvalue weighted by Gasteiger charge is 2.26. The third-order valence-electron chi connectivity index (χ3n) is 4.37. The first-order chi connectivity index (χ1) is 11.8. The summed E-state index contributed by atoms with van der Waals surface area (Å²) in [6.45, 7) is 2.94. The summed E-state index contributed by atoms with van der Waals surface area (Å²) in [5, 5.41) is 12.7. The second-order valence-electron chi connectivity index (χ2n) is 6.28. The Hall–Kier alpha value is -2.54. The summed E-state index contributed by atoms with van der Waals surface area (Å²) in [5.74, 6) is 1.56. The molecule has 1 aliphatic heterocycles. The van der Waals surface area contributed by atoms with Crippen LogP contribution >= 0.6 is 0 Å². The van der Waals surface area contributed by atoms with Gasteiger partial charge in [-0.2, -0.15) is 5.10 Å². The maximum absolute atomic E-state index is 5.91. The minimum absolute atomic E-state index is 0.286. The van der Waals surface area contributed by atoms with Gasteiger partial charge in [0.15, 0.2) is 0 Å². The molecule has 4 rings (SSSR count). The van der Waals surface area contributed by atoms with Crippen LogP contribution in [-0.4, -0.2) is 43.0 Å². The van der Waals surface area contributed by atoms with E-state index in [9.17, 15) is 0 Å². The van der Waals surface area contributed by atoms with Crippen LogP contribution in [-0.2, 0) is 13.6 Å². The fraction of sp³-hybridized carbons (Fsp3) is 0.412. The number of likely N-dealkylation sites (tertiary alicyclic amines) is 1. The predicted octanol–water partition coefficient (Wildman–Crippen LogP) is 2.24. The zero-order valence-electron chi connectivity index (χ0n) is 13.7. The molecule has 1 atom stereocenters. The molecule has 3 aromatic heterocycles. The second kappa shape index (κ2) is 6.52. The van der Waals surface area contributed by atoms with E-state index in [-0.39, 0.29) is 5.92 Å². The Morgan fingerprint density at radius 1 is 1.29 bits per heavy atom. The van der Waals surface area contributed by atoms with E-state index in [1.54, 1.807) is 12.4 Å². The van der Waals surface area contributed by atoms with E-state index in [0.29, 0.717) is 5.89 Å². The van der Waals surface area contributed by atoms with Gasteiger partial charge in [0.2, 0.25) is 11.8 Å². The van der Waals surface area contributed by atoms with E-state index >= 15 is 0 Å². The molecule has 3 aromatic rings. The molecule has 0 spiro atoms. The van der Waals surface area contributed by atoms with Crippen LogP contribution in [0.2, 0.25) is 0 Å². The van der Waals surface area contributed by atoms with Gasteiger partial charge in [-0.05, 0) is 31.5 Å². The number of hydrogen-bond donors (Lipinski definition) is 0. The highest BCUT2D eigenvalue weighted by atomic mass is 16.4. The van der Waals surface area contributed by atoms with Crippen LogP contribution in [0.5, 0.6) is 0 Å². The number of rotatable bonds is 4. The minimum atomic E-state index is 0.286. The Morgan fingerprint density at radius 2 is 2.25 bits per heavy atom. The van der Waals surface area contributed by atoms with Crippen LogP contribution in [0.3, 0.4) is 0 Å². The molecule has 0 amide bonds. The summed E-state index contributed by atoms with van der Waals surface area (Å²) < 4.78 is 7.75. The lowest BCUT2D eigenvalue weighted by atomic mass is 9.98. The van der Waals surface area contributed by atoms with Gasteiger partial charge in [0.25, 0.3) is 0 Å². The summed E-state index contributed by atoms with van der Waals surface area (Å²) in [7, 11) is 1.95. The maximum Gasteiger partial charge on any atom is 0.249 e. The summed E-state index contributed by atoms with van der Waals surface area (Å²) >= 11 is 0. The number of hydrogen-bond acceptors (Lipinski definition) is 6. The van der Waals surface area contributed by atoms with Crippen molar-refractivity contribution in [2.45, 2.75) is 25.3 Å². The average molecular weight is 324 g/mol. The highest BCUT2D eigenvalue weighted by molar-refractivity contribution is 5.49. The molecule has 7 nitrogen and oxygen atoms in total. The van der Waals surface area contributed by atoms with E-state index < -0.39 is 0 Å². The molecule has 0 aromatic carbocycles. The number of nitrogens with zero attached hydrogens (tertiary/aromatic N) is 6. The molecule has 4 heterocycles. The normalized spacial score (nSPS) is 18.8. The van der Waals surface area contributed by atoms with Crippen molar-refractivity contribution in [2.24, 2.45) is 7.05 Å². The van der Waals surface area contributed by atoms with Gasteiger partial charge in [0, 0.05) is 44.3 Å². The summed E-state index contributed by atoms with van der Waals surface area (Å²) in [5.41, 5.74) is 2.10. The quantitative estimate of drug-likeness (QED) is 0.733. The lowest BCUT2D eigenvalue weighted by Crippen LogP contribution is -2.33. The first kappa shape index (κ1) is 15.0. The molecule has 0 N–H and O–H groups in total. The van der Waals surface area contributed by atoms with Gasteiger partial charge in [0.1, 0.15) is 0 Å². The molecule has 124 valence electrons. The Labute approximate surface area is 140 Å². The van der Waals surface area contributed by atoms with Crippen molar-refractivity contribution in [3.63, 3.8) is 0 Å². The molecule has 1 aliphatic rings. The van der Waals surface area contributed by atoms with Gasteiger partial charge in [-0.25, -0.2) is 0 Å². The van der Waals surface area contributed by atoms with Crippen LogP contribution in [0.25, 0.3) is 11.5 Å². The fourth-order valence-corrected chi connectivity index (χ4v) is 3.22. The zero-order chi connectivity index (χ0) is 16.4. The summed E-state index contributed by atoms with van der Waals surface area (Å²) in [6, 6.07) is 3.80. The van der Waals surface area contributed by atoms with E-state index in [1.165, 1.54) is 5.56 Å². The van der Waals surface area contributed by atoms with E-state index in [2.05, 4.69) is 31.4 Å². The van der Waals surface area contributed by atoms with Crippen LogP contribution in [0.4, 0.5) is 0 Å². The van der Waals surface area contributed by atoms with Gasteiger partial charge >= 0.3 is 0 Å². The molecule has 24 heavy (non-hydrogen) atoms. The van der Waals surface area contributed by atoms with Crippen molar-refractivity contribution >= 4 is 0 Å². The van der Waals surface area contributed by atoms with Crippen molar-refractivity contribution in [1.82, 2.24) is 29.9 Å². The van der Waals surface area contributed by atoms with Crippen molar-refractivity contribution in [3.05, 3.63) is 48.4 Å². The highest BCUT2D eigenvalue weighted by Crippen LogP contribution is 2.28. The lowest BCUT2D eigenvalue weighted by molar-refractivity contribution is 0.186. The first-order valence-corrected chi connectivity index (χ1v) is 8.21. The fourth-order valence-electron chi connectivity index (χ4n) is 3.22. The van der Waals surface area contributed by atoms with E-state index in [1.807, 2.05) is 30.1 Å². The maximum atomic E-state index is 5.91. The Balaban J connectivity index is 1.45. The number of aromatic nitrogens is 5. The molecule has 1 fully saturated rings. The molecule has 7 heteroatoms. The molecule has 0 aliphatic carbocycles. The third-order valence-corrected chi connectivity index (χ3v) is 4.37. The van der Waals surface area contributed by atoms with E-state index in [4.69, 9.17) is 4.42 Å². The van der Waals surface area contributed by atoms with Crippen LogP contribution in [0.15, 0.2) is 41.3 Å². The summed E-state index contributed by atoms with van der Waals surface area (Å²) in [4.78, 5) is 6.53. The van der Waals surface area contributed by atoms with Gasteiger partial charge in [-0.1, -0.05) is 0 Å². The molecular formula is C17H20N6O. The third kappa shape index (κ3) is 3.21. The number of aryl methyl sites for hydroxylation is 1. The SMILES string of the molecule is Cn1cc(CN2CCC[C@@H](c3nnc(-c4cccnc4)o3)C2)cn1. The van der Waals surface area contributed by atoms with Crippen LogP contribution in [0, 0.1) is 0 Å². The average Bonchev–Trinajstić information content (AvgIpc) is 3.25. The Bertz CT molecular complexity index is 796. The Morgan fingerprint density at radius 3 is 3.04 bits per heavy atom.